The lowest BCUT2D eigenvalue weighted by atomic mass is 10.0. The lowest BCUT2D eigenvalue weighted by molar-refractivity contribution is 0.0946. The normalized spacial score (nSPS) is 17.8. The van der Waals surface area contributed by atoms with Crippen molar-refractivity contribution in [3.05, 3.63) is 92.9 Å². The Morgan fingerprint density at radius 3 is 2.73 bits per heavy atom. The van der Waals surface area contributed by atoms with Crippen LogP contribution in [0.4, 0.5) is 14.5 Å². The number of para-hydroxylation sites is 1. The number of anilines is 1. The van der Waals surface area contributed by atoms with Crippen LogP contribution in [0.5, 0.6) is 5.75 Å². The molecule has 3 heterocycles. The Hall–Kier alpha value is -3.56. The van der Waals surface area contributed by atoms with Crippen LogP contribution in [-0.4, -0.2) is 27.2 Å². The van der Waals surface area contributed by atoms with Gasteiger partial charge >= 0.3 is 0 Å². The number of aryl methyl sites for hydroxylation is 1. The maximum Gasteiger partial charge on any atom is 0.279 e. The van der Waals surface area contributed by atoms with Gasteiger partial charge in [-0.1, -0.05) is 24.3 Å². The minimum atomic E-state index is -1.54. The first kappa shape index (κ1) is 21.3. The van der Waals surface area contributed by atoms with Crippen LogP contribution in [0.25, 0.3) is 0 Å². The number of nitrogens with one attached hydrogen (secondary N) is 1. The van der Waals surface area contributed by atoms with Crippen LogP contribution in [0.1, 0.15) is 45.9 Å². The number of hydrogen-bond acceptors (Lipinski definition) is 5. The van der Waals surface area contributed by atoms with Crippen molar-refractivity contribution in [2.24, 2.45) is 0 Å². The molecule has 0 saturated heterocycles. The van der Waals surface area contributed by atoms with Gasteiger partial charge in [0.25, 0.3) is 5.91 Å². The molecule has 3 aromatic rings. The summed E-state index contributed by atoms with van der Waals surface area (Å²) in [5, 5.41) is 23.9. The van der Waals surface area contributed by atoms with Crippen molar-refractivity contribution in [3.63, 3.8) is 0 Å². The summed E-state index contributed by atoms with van der Waals surface area (Å²) in [5.74, 6) is -2.74. The van der Waals surface area contributed by atoms with E-state index in [1.807, 2.05) is 24.3 Å². The molecule has 7 nitrogen and oxygen atoms in total. The van der Waals surface area contributed by atoms with Gasteiger partial charge in [-0.05, 0) is 30.5 Å². The average Bonchev–Trinajstić information content (AvgIpc) is 2.97. The van der Waals surface area contributed by atoms with Crippen molar-refractivity contribution < 1.29 is 23.8 Å². The number of aromatic nitrogens is 1. The summed E-state index contributed by atoms with van der Waals surface area (Å²) < 4.78 is 28.6. The maximum atomic E-state index is 13.9. The van der Waals surface area contributed by atoms with Gasteiger partial charge in [0.2, 0.25) is 5.43 Å². The van der Waals surface area contributed by atoms with E-state index < -0.39 is 34.9 Å². The summed E-state index contributed by atoms with van der Waals surface area (Å²) in [4.78, 5) is 27.6. The quantitative estimate of drug-likeness (QED) is 0.528. The molecule has 9 heteroatoms. The summed E-state index contributed by atoms with van der Waals surface area (Å²) in [5.41, 5.74) is 0.699. The zero-order valence-corrected chi connectivity index (χ0v) is 17.5. The Labute approximate surface area is 187 Å². The van der Waals surface area contributed by atoms with E-state index in [-0.39, 0.29) is 29.4 Å². The van der Waals surface area contributed by atoms with E-state index in [1.165, 1.54) is 12.3 Å². The smallest absolute Gasteiger partial charge is 0.279 e. The number of rotatable bonds is 4. The third-order valence-electron chi connectivity index (χ3n) is 6.30. The number of benzene rings is 2. The second-order valence-corrected chi connectivity index (χ2v) is 8.27. The highest BCUT2D eigenvalue weighted by atomic mass is 19.1. The molecule has 0 radical (unpaired) electrons. The number of aromatic hydroxyl groups is 1. The van der Waals surface area contributed by atoms with Gasteiger partial charge in [0.15, 0.2) is 11.4 Å². The van der Waals surface area contributed by atoms with Gasteiger partial charge in [-0.2, -0.15) is 0 Å². The van der Waals surface area contributed by atoms with Crippen LogP contribution < -0.4 is 15.6 Å². The zero-order valence-electron chi connectivity index (χ0n) is 17.5. The van der Waals surface area contributed by atoms with Gasteiger partial charge in [0, 0.05) is 36.6 Å². The summed E-state index contributed by atoms with van der Waals surface area (Å²) in [6.07, 6.45) is 1.21. The Bertz CT molecular complexity index is 1320. The fourth-order valence-corrected chi connectivity index (χ4v) is 4.57. The highest BCUT2D eigenvalue weighted by Gasteiger charge is 2.38. The van der Waals surface area contributed by atoms with Gasteiger partial charge in [-0.15, -0.1) is 0 Å². The monoisotopic (exact) mass is 453 g/mol. The van der Waals surface area contributed by atoms with Crippen molar-refractivity contribution in [1.82, 2.24) is 9.88 Å². The van der Waals surface area contributed by atoms with Gasteiger partial charge in [0.1, 0.15) is 17.9 Å². The van der Waals surface area contributed by atoms with Crippen LogP contribution >= 0.6 is 0 Å². The molecule has 0 saturated carbocycles. The van der Waals surface area contributed by atoms with E-state index in [2.05, 4.69) is 5.32 Å². The number of carbonyl (C=O) groups is 1. The average molecular weight is 453 g/mol. The number of pyridine rings is 1. The third kappa shape index (κ3) is 3.59. The minimum absolute atomic E-state index is 0.102. The number of fused-ring (bicyclic) bond motifs is 6. The fourth-order valence-electron chi connectivity index (χ4n) is 4.57. The Kier molecular flexibility index (Phi) is 5.22. The van der Waals surface area contributed by atoms with Crippen molar-refractivity contribution in [1.29, 1.82) is 0 Å². The molecule has 0 aliphatic carbocycles. The molecular weight excluding hydrogens is 432 g/mol. The van der Waals surface area contributed by atoms with Gasteiger partial charge in [0.05, 0.1) is 11.6 Å². The number of aliphatic hydroxyl groups is 1. The minimum Gasteiger partial charge on any atom is -0.503 e. The van der Waals surface area contributed by atoms with E-state index >= 15 is 0 Å². The maximum absolute atomic E-state index is 13.9. The summed E-state index contributed by atoms with van der Waals surface area (Å²) >= 11 is 0. The van der Waals surface area contributed by atoms with Crippen LogP contribution in [0.3, 0.4) is 0 Å². The molecular formula is C24H21F2N3O4. The second kappa shape index (κ2) is 8.09. The molecule has 3 N–H and O–H groups in total. The molecule has 0 fully saturated rings. The Balaban J connectivity index is 1.49. The molecule has 0 spiro atoms. The van der Waals surface area contributed by atoms with Crippen LogP contribution in [0, 0.1) is 11.6 Å². The Morgan fingerprint density at radius 1 is 1.15 bits per heavy atom. The van der Waals surface area contributed by atoms with E-state index in [4.69, 9.17) is 0 Å². The number of amides is 1. The largest absolute Gasteiger partial charge is 0.503 e. The van der Waals surface area contributed by atoms with Gasteiger partial charge in [-0.3, -0.25) is 14.9 Å². The predicted molar refractivity (Wildman–Crippen MR) is 116 cm³/mol. The van der Waals surface area contributed by atoms with Gasteiger partial charge < -0.3 is 19.7 Å². The lowest BCUT2D eigenvalue weighted by Gasteiger charge is -2.35. The van der Waals surface area contributed by atoms with E-state index in [0.29, 0.717) is 19.4 Å². The fraction of sp³-hybridized carbons (Fsp3) is 0.250. The van der Waals surface area contributed by atoms with Crippen molar-refractivity contribution in [2.45, 2.75) is 31.7 Å². The SMILES string of the molecule is O=C1c2c(O)c(=O)c(C(O)NCc3ccc(F)cc3F)cn2C2CCc3ccccc3N1C2. The number of carbonyl (C=O) groups excluding carboxylic acids is 1. The highest BCUT2D eigenvalue weighted by Crippen LogP contribution is 2.37. The van der Waals surface area contributed by atoms with E-state index in [1.54, 1.807) is 9.47 Å². The summed E-state index contributed by atoms with van der Waals surface area (Å²) in [6.45, 7) is 0.190. The molecule has 2 aliphatic rings. The molecule has 5 rings (SSSR count). The zero-order chi connectivity index (χ0) is 23.3. The molecule has 2 bridgehead atoms. The molecule has 1 aromatic heterocycles. The van der Waals surface area contributed by atoms with Crippen molar-refractivity contribution in [2.75, 3.05) is 11.4 Å². The first-order chi connectivity index (χ1) is 15.8. The number of nitrogens with zero attached hydrogens (tertiary/aromatic N) is 2. The summed E-state index contributed by atoms with van der Waals surface area (Å²) in [7, 11) is 0. The molecule has 2 aromatic carbocycles. The third-order valence-corrected chi connectivity index (χ3v) is 6.30. The summed E-state index contributed by atoms with van der Waals surface area (Å²) in [6, 6.07) is 10.4. The molecule has 2 atom stereocenters. The lowest BCUT2D eigenvalue weighted by Crippen LogP contribution is -2.44. The Morgan fingerprint density at radius 2 is 1.94 bits per heavy atom. The standard InChI is InChI=1S/C24H21F2N3O4/c25-15-7-5-14(18(26)9-15)10-27-23(32)17-12-28-16-8-6-13-3-1-2-4-19(13)29(11-16)24(33)20(28)22(31)21(17)30/h1-5,7,9,12,16,23,27,31-32H,6,8,10-11H2. The number of hydrogen-bond donors (Lipinski definition) is 3. The van der Waals surface area contributed by atoms with E-state index in [9.17, 15) is 28.6 Å². The molecule has 2 aliphatic heterocycles. The number of aliphatic hydroxyl groups excluding tert-OH is 1. The first-order valence-corrected chi connectivity index (χ1v) is 10.6. The topological polar surface area (TPSA) is 94.8 Å². The molecule has 2 unspecified atom stereocenters. The predicted octanol–water partition coefficient (Wildman–Crippen LogP) is 2.76. The highest BCUT2D eigenvalue weighted by molar-refractivity contribution is 6.08. The molecule has 170 valence electrons. The van der Waals surface area contributed by atoms with Crippen LogP contribution in [0.2, 0.25) is 0 Å². The van der Waals surface area contributed by atoms with Crippen molar-refractivity contribution in [3.8, 4) is 5.75 Å². The van der Waals surface area contributed by atoms with Crippen LogP contribution in [0.15, 0.2) is 53.5 Å². The van der Waals surface area contributed by atoms with Crippen LogP contribution in [-0.2, 0) is 13.0 Å². The van der Waals surface area contributed by atoms with Gasteiger partial charge in [-0.25, -0.2) is 8.78 Å². The second-order valence-electron chi connectivity index (χ2n) is 8.27. The first-order valence-electron chi connectivity index (χ1n) is 10.6. The molecule has 1 amide bonds. The van der Waals surface area contributed by atoms with E-state index in [0.717, 1.165) is 23.4 Å². The van der Waals surface area contributed by atoms with Crippen molar-refractivity contribution >= 4 is 11.6 Å². The molecule has 33 heavy (non-hydrogen) atoms. The number of halogens is 2.